The molecule has 1 fully saturated rings. The number of aryl methyl sites for hydroxylation is 1. The average Bonchev–Trinajstić information content (AvgIpc) is 2.84. The van der Waals surface area contributed by atoms with E-state index in [9.17, 15) is 4.79 Å². The first kappa shape index (κ1) is 14.1. The van der Waals surface area contributed by atoms with Crippen molar-refractivity contribution in [2.24, 2.45) is 13.0 Å². The molecule has 106 valence electrons. The van der Waals surface area contributed by atoms with E-state index in [0.717, 1.165) is 19.4 Å². The van der Waals surface area contributed by atoms with Crippen molar-refractivity contribution in [3.63, 3.8) is 0 Å². The second-order valence-corrected chi connectivity index (χ2v) is 5.44. The number of carbonyl (C=O) groups excluding carboxylic acids is 1. The van der Waals surface area contributed by atoms with Crippen LogP contribution in [0, 0.1) is 5.92 Å². The topological polar surface area (TPSA) is 34.5 Å². The lowest BCUT2D eigenvalue weighted by Gasteiger charge is -2.37. The van der Waals surface area contributed by atoms with E-state index < -0.39 is 0 Å². The SMILES string of the molecule is COCC(C)C(=O)N1CCCCC1c1cccn1C. The number of hydrogen-bond acceptors (Lipinski definition) is 2. The average molecular weight is 264 g/mol. The van der Waals surface area contributed by atoms with Gasteiger partial charge in [-0.3, -0.25) is 4.79 Å². The molecule has 0 N–H and O–H groups in total. The molecule has 2 unspecified atom stereocenters. The molecule has 0 aromatic carbocycles. The molecule has 2 atom stereocenters. The first-order valence-corrected chi connectivity index (χ1v) is 7.05. The van der Waals surface area contributed by atoms with Crippen molar-refractivity contribution < 1.29 is 9.53 Å². The molecule has 2 heterocycles. The highest BCUT2D eigenvalue weighted by molar-refractivity contribution is 5.79. The molecule has 19 heavy (non-hydrogen) atoms. The van der Waals surface area contributed by atoms with Crippen LogP contribution in [0.3, 0.4) is 0 Å². The van der Waals surface area contributed by atoms with Gasteiger partial charge in [0.2, 0.25) is 5.91 Å². The van der Waals surface area contributed by atoms with E-state index in [1.807, 2.05) is 31.1 Å². The lowest BCUT2D eigenvalue weighted by molar-refractivity contribution is -0.140. The van der Waals surface area contributed by atoms with E-state index >= 15 is 0 Å². The smallest absolute Gasteiger partial charge is 0.228 e. The molecule has 0 bridgehead atoms. The number of piperidine rings is 1. The van der Waals surface area contributed by atoms with Gasteiger partial charge in [0.25, 0.3) is 0 Å². The Morgan fingerprint density at radius 3 is 2.95 bits per heavy atom. The Labute approximate surface area is 115 Å². The fraction of sp³-hybridized carbons (Fsp3) is 0.667. The number of ether oxygens (including phenoxy) is 1. The monoisotopic (exact) mass is 264 g/mol. The summed E-state index contributed by atoms with van der Waals surface area (Å²) in [5.74, 6) is 0.151. The normalized spacial score (nSPS) is 21.4. The van der Waals surface area contributed by atoms with E-state index in [0.29, 0.717) is 6.61 Å². The third kappa shape index (κ3) is 3.00. The van der Waals surface area contributed by atoms with Gasteiger partial charge in [-0.25, -0.2) is 0 Å². The summed E-state index contributed by atoms with van der Waals surface area (Å²) in [5.41, 5.74) is 1.23. The summed E-state index contributed by atoms with van der Waals surface area (Å²) in [6, 6.07) is 4.39. The highest BCUT2D eigenvalue weighted by Crippen LogP contribution is 2.31. The Kier molecular flexibility index (Phi) is 4.64. The minimum atomic E-state index is -0.0640. The van der Waals surface area contributed by atoms with Crippen LogP contribution >= 0.6 is 0 Å². The van der Waals surface area contributed by atoms with Crippen molar-refractivity contribution in [3.8, 4) is 0 Å². The van der Waals surface area contributed by atoms with Crippen LogP contribution in [0.1, 0.15) is 37.9 Å². The molecular formula is C15H24N2O2. The summed E-state index contributed by atoms with van der Waals surface area (Å²) in [6.45, 7) is 3.31. The summed E-state index contributed by atoms with van der Waals surface area (Å²) in [5, 5.41) is 0. The van der Waals surface area contributed by atoms with Gasteiger partial charge in [0, 0.05) is 32.6 Å². The predicted molar refractivity (Wildman–Crippen MR) is 74.8 cm³/mol. The molecule has 1 aliphatic rings. The van der Waals surface area contributed by atoms with Crippen LogP contribution in [0.4, 0.5) is 0 Å². The van der Waals surface area contributed by atoms with Crippen molar-refractivity contribution in [1.29, 1.82) is 0 Å². The van der Waals surface area contributed by atoms with Crippen molar-refractivity contribution >= 4 is 5.91 Å². The standard InChI is InChI=1S/C15H24N2O2/c1-12(11-19-3)15(18)17-10-5-4-7-14(17)13-8-6-9-16(13)2/h6,8-9,12,14H,4-5,7,10-11H2,1-3H3. The van der Waals surface area contributed by atoms with Crippen LogP contribution in [-0.4, -0.2) is 35.6 Å². The molecule has 0 aliphatic carbocycles. The molecule has 1 saturated heterocycles. The number of nitrogens with zero attached hydrogens (tertiary/aromatic N) is 2. The van der Waals surface area contributed by atoms with Crippen LogP contribution in [0.5, 0.6) is 0 Å². The summed E-state index contributed by atoms with van der Waals surface area (Å²) in [4.78, 5) is 14.6. The predicted octanol–water partition coefficient (Wildman–Crippen LogP) is 2.36. The minimum absolute atomic E-state index is 0.0640. The molecular weight excluding hydrogens is 240 g/mol. The minimum Gasteiger partial charge on any atom is -0.384 e. The largest absolute Gasteiger partial charge is 0.384 e. The second kappa shape index (κ2) is 6.24. The van der Waals surface area contributed by atoms with Gasteiger partial charge in [0.15, 0.2) is 0 Å². The van der Waals surface area contributed by atoms with E-state index in [2.05, 4.69) is 10.6 Å². The Bertz CT molecular complexity index is 428. The van der Waals surface area contributed by atoms with Crippen LogP contribution in [0.15, 0.2) is 18.3 Å². The molecule has 0 saturated carbocycles. The molecule has 0 radical (unpaired) electrons. The summed E-state index contributed by atoms with van der Waals surface area (Å²) >= 11 is 0. The lowest BCUT2D eigenvalue weighted by atomic mass is 9.97. The van der Waals surface area contributed by atoms with Crippen LogP contribution in [-0.2, 0) is 16.6 Å². The second-order valence-electron chi connectivity index (χ2n) is 5.44. The van der Waals surface area contributed by atoms with Gasteiger partial charge >= 0.3 is 0 Å². The Morgan fingerprint density at radius 2 is 2.32 bits per heavy atom. The van der Waals surface area contributed by atoms with Gasteiger partial charge < -0.3 is 14.2 Å². The van der Waals surface area contributed by atoms with Gasteiger partial charge in [-0.1, -0.05) is 6.92 Å². The maximum atomic E-state index is 12.5. The summed E-state index contributed by atoms with van der Waals surface area (Å²) < 4.78 is 7.23. The zero-order chi connectivity index (χ0) is 13.8. The van der Waals surface area contributed by atoms with E-state index in [-0.39, 0.29) is 17.9 Å². The number of rotatable bonds is 4. The molecule has 4 heteroatoms. The van der Waals surface area contributed by atoms with Gasteiger partial charge in [0.05, 0.1) is 18.6 Å². The maximum Gasteiger partial charge on any atom is 0.228 e. The van der Waals surface area contributed by atoms with E-state index in [1.54, 1.807) is 7.11 Å². The molecule has 1 amide bonds. The molecule has 4 nitrogen and oxygen atoms in total. The highest BCUT2D eigenvalue weighted by Gasteiger charge is 2.31. The fourth-order valence-electron chi connectivity index (χ4n) is 2.93. The third-order valence-electron chi connectivity index (χ3n) is 3.95. The molecule has 1 aromatic heterocycles. The number of methoxy groups -OCH3 is 1. The van der Waals surface area contributed by atoms with E-state index in [1.165, 1.54) is 12.1 Å². The van der Waals surface area contributed by atoms with Crippen LogP contribution in [0.25, 0.3) is 0 Å². The van der Waals surface area contributed by atoms with Crippen molar-refractivity contribution in [1.82, 2.24) is 9.47 Å². The van der Waals surface area contributed by atoms with Gasteiger partial charge in [0.1, 0.15) is 0 Å². The zero-order valence-corrected chi connectivity index (χ0v) is 12.1. The van der Waals surface area contributed by atoms with Crippen molar-refractivity contribution in [2.75, 3.05) is 20.3 Å². The summed E-state index contributed by atoms with van der Waals surface area (Å²) in [6.07, 6.45) is 5.40. The molecule has 1 aromatic rings. The Hall–Kier alpha value is -1.29. The van der Waals surface area contributed by atoms with Crippen LogP contribution in [0.2, 0.25) is 0 Å². The number of amides is 1. The quantitative estimate of drug-likeness (QED) is 0.836. The highest BCUT2D eigenvalue weighted by atomic mass is 16.5. The first-order chi connectivity index (χ1) is 9.15. The van der Waals surface area contributed by atoms with Crippen molar-refractivity contribution in [2.45, 2.75) is 32.2 Å². The number of hydrogen-bond donors (Lipinski definition) is 0. The Balaban J connectivity index is 2.17. The number of aromatic nitrogens is 1. The Morgan fingerprint density at radius 1 is 1.53 bits per heavy atom. The third-order valence-corrected chi connectivity index (χ3v) is 3.95. The molecule has 0 spiro atoms. The number of likely N-dealkylation sites (tertiary alicyclic amines) is 1. The fourth-order valence-corrected chi connectivity index (χ4v) is 2.93. The van der Waals surface area contributed by atoms with Gasteiger partial charge in [-0.05, 0) is 31.4 Å². The molecule has 1 aliphatic heterocycles. The molecule has 2 rings (SSSR count). The summed E-state index contributed by atoms with van der Waals surface area (Å²) in [7, 11) is 3.69. The lowest BCUT2D eigenvalue weighted by Crippen LogP contribution is -2.42. The van der Waals surface area contributed by atoms with Gasteiger partial charge in [-0.15, -0.1) is 0 Å². The first-order valence-electron chi connectivity index (χ1n) is 7.05. The van der Waals surface area contributed by atoms with Crippen molar-refractivity contribution in [3.05, 3.63) is 24.0 Å². The van der Waals surface area contributed by atoms with E-state index in [4.69, 9.17) is 4.74 Å². The van der Waals surface area contributed by atoms with Crippen LogP contribution < -0.4 is 0 Å². The maximum absolute atomic E-state index is 12.5. The zero-order valence-electron chi connectivity index (χ0n) is 12.1. The van der Waals surface area contributed by atoms with Gasteiger partial charge in [-0.2, -0.15) is 0 Å². The number of carbonyl (C=O) groups is 1.